The average molecular weight is 447 g/mol. The number of nitrogens with one attached hydrogen (secondary N) is 3. The number of fused-ring (bicyclic) bond motifs is 1. The first-order valence-electron chi connectivity index (χ1n) is 11.1. The van der Waals surface area contributed by atoms with Gasteiger partial charge in [0.2, 0.25) is 5.91 Å². The Hall–Kier alpha value is -4.01. The van der Waals surface area contributed by atoms with Crippen molar-refractivity contribution in [1.82, 2.24) is 20.1 Å². The number of anilines is 2. The van der Waals surface area contributed by atoms with Gasteiger partial charge in [-0.2, -0.15) is 0 Å². The van der Waals surface area contributed by atoms with Gasteiger partial charge in [-0.25, -0.2) is 9.59 Å². The van der Waals surface area contributed by atoms with Crippen molar-refractivity contribution in [2.24, 2.45) is 0 Å². The molecule has 0 bridgehead atoms. The van der Waals surface area contributed by atoms with Crippen LogP contribution in [0.5, 0.6) is 0 Å². The first-order chi connectivity index (χ1) is 16.1. The summed E-state index contributed by atoms with van der Waals surface area (Å²) in [6.07, 6.45) is 2.24. The Bertz CT molecular complexity index is 1200. The van der Waals surface area contributed by atoms with E-state index < -0.39 is 0 Å². The number of carbonyl (C=O) groups is 3. The molecule has 9 heteroatoms. The first-order valence-corrected chi connectivity index (χ1v) is 11.1. The van der Waals surface area contributed by atoms with Crippen molar-refractivity contribution >= 4 is 40.2 Å². The van der Waals surface area contributed by atoms with Gasteiger partial charge in [0.1, 0.15) is 0 Å². The van der Waals surface area contributed by atoms with Crippen LogP contribution in [0.2, 0.25) is 0 Å². The molecule has 2 aliphatic heterocycles. The molecule has 2 saturated heterocycles. The summed E-state index contributed by atoms with van der Waals surface area (Å²) in [6, 6.07) is 14.9. The smallest absolute Gasteiger partial charge is 0.321 e. The minimum Gasteiger partial charge on any atom is -0.361 e. The van der Waals surface area contributed by atoms with E-state index in [4.69, 9.17) is 0 Å². The summed E-state index contributed by atoms with van der Waals surface area (Å²) >= 11 is 0. The standard InChI is InChI=1S/C24H26N6O3/c31-22(14-17-16-26-21-7-2-1-6-20(17)21)28-10-12-29(13-11-28)24(33)27-18-4-3-5-19(15-18)30-9-8-25-23(30)32/h1-7,15-16,26H,8-14H2,(H,25,32)(H,27,33). The van der Waals surface area contributed by atoms with Crippen molar-refractivity contribution < 1.29 is 14.4 Å². The quantitative estimate of drug-likeness (QED) is 0.574. The molecular weight excluding hydrogens is 420 g/mol. The minimum atomic E-state index is -0.207. The summed E-state index contributed by atoms with van der Waals surface area (Å²) in [5.41, 5.74) is 3.39. The molecule has 33 heavy (non-hydrogen) atoms. The summed E-state index contributed by atoms with van der Waals surface area (Å²) in [5, 5.41) is 6.75. The molecule has 1 aromatic heterocycles. The molecule has 170 valence electrons. The number of benzene rings is 2. The van der Waals surface area contributed by atoms with E-state index in [0.717, 1.165) is 22.2 Å². The number of rotatable bonds is 4. The molecule has 0 spiro atoms. The van der Waals surface area contributed by atoms with E-state index >= 15 is 0 Å². The SMILES string of the molecule is O=C(Cc1c[nH]c2ccccc12)N1CCN(C(=O)Nc2cccc(N3CCNC3=O)c2)CC1. The van der Waals surface area contributed by atoms with Crippen LogP contribution in [0.15, 0.2) is 54.7 Å². The number of amides is 5. The lowest BCUT2D eigenvalue weighted by Gasteiger charge is -2.34. The van der Waals surface area contributed by atoms with Crippen LogP contribution in [0.25, 0.3) is 10.9 Å². The Morgan fingerprint density at radius 1 is 0.939 bits per heavy atom. The van der Waals surface area contributed by atoms with Crippen molar-refractivity contribution in [3.8, 4) is 0 Å². The third kappa shape index (κ3) is 4.34. The van der Waals surface area contributed by atoms with Crippen LogP contribution in [0.4, 0.5) is 21.0 Å². The van der Waals surface area contributed by atoms with E-state index in [0.29, 0.717) is 51.4 Å². The fourth-order valence-corrected chi connectivity index (χ4v) is 4.38. The summed E-state index contributed by atoms with van der Waals surface area (Å²) in [7, 11) is 0. The van der Waals surface area contributed by atoms with E-state index in [1.807, 2.05) is 47.5 Å². The lowest BCUT2D eigenvalue weighted by Crippen LogP contribution is -2.52. The monoisotopic (exact) mass is 446 g/mol. The van der Waals surface area contributed by atoms with Crippen molar-refractivity contribution in [3.63, 3.8) is 0 Å². The molecule has 3 N–H and O–H groups in total. The summed E-state index contributed by atoms with van der Waals surface area (Å²) in [5.74, 6) is 0.0661. The Kier molecular flexibility index (Phi) is 5.60. The number of aromatic nitrogens is 1. The molecule has 2 fully saturated rings. The zero-order chi connectivity index (χ0) is 22.8. The molecule has 9 nitrogen and oxygen atoms in total. The summed E-state index contributed by atoms with van der Waals surface area (Å²) in [4.78, 5) is 45.9. The number of hydrogen-bond donors (Lipinski definition) is 3. The Balaban J connectivity index is 1.15. The normalized spacial score (nSPS) is 16.2. The third-order valence-corrected chi connectivity index (χ3v) is 6.20. The Labute approximate surface area is 191 Å². The van der Waals surface area contributed by atoms with Crippen molar-refractivity contribution in [3.05, 3.63) is 60.3 Å². The molecule has 2 aliphatic rings. The molecule has 5 rings (SSSR count). The number of hydrogen-bond acceptors (Lipinski definition) is 3. The van der Waals surface area contributed by atoms with Gasteiger partial charge in [-0.3, -0.25) is 9.69 Å². The molecule has 0 atom stereocenters. The molecule has 0 saturated carbocycles. The molecule has 0 radical (unpaired) electrons. The van der Waals surface area contributed by atoms with Crippen molar-refractivity contribution in [2.75, 3.05) is 49.5 Å². The van der Waals surface area contributed by atoms with Crippen LogP contribution in [0, 0.1) is 0 Å². The van der Waals surface area contributed by atoms with E-state index in [1.165, 1.54) is 0 Å². The maximum Gasteiger partial charge on any atom is 0.321 e. The fourth-order valence-electron chi connectivity index (χ4n) is 4.38. The van der Waals surface area contributed by atoms with Gasteiger partial charge in [0, 0.05) is 67.7 Å². The number of H-pyrrole nitrogens is 1. The topological polar surface area (TPSA) is 101 Å². The number of piperazine rings is 1. The van der Waals surface area contributed by atoms with Gasteiger partial charge in [-0.15, -0.1) is 0 Å². The third-order valence-electron chi connectivity index (χ3n) is 6.20. The predicted molar refractivity (Wildman–Crippen MR) is 126 cm³/mol. The van der Waals surface area contributed by atoms with Crippen LogP contribution in [0.3, 0.4) is 0 Å². The average Bonchev–Trinajstić information content (AvgIpc) is 3.45. The highest BCUT2D eigenvalue weighted by Gasteiger charge is 2.25. The zero-order valence-corrected chi connectivity index (χ0v) is 18.2. The second kappa shape index (κ2) is 8.85. The van der Waals surface area contributed by atoms with Crippen LogP contribution in [-0.4, -0.2) is 72.0 Å². The Morgan fingerprint density at radius 2 is 1.73 bits per heavy atom. The van der Waals surface area contributed by atoms with E-state index in [2.05, 4.69) is 15.6 Å². The molecular formula is C24H26N6O3. The lowest BCUT2D eigenvalue weighted by molar-refractivity contribution is -0.131. The summed E-state index contributed by atoms with van der Waals surface area (Å²) < 4.78 is 0. The van der Waals surface area contributed by atoms with E-state index in [9.17, 15) is 14.4 Å². The van der Waals surface area contributed by atoms with Gasteiger partial charge in [0.05, 0.1) is 6.42 Å². The highest BCUT2D eigenvalue weighted by atomic mass is 16.2. The van der Waals surface area contributed by atoms with Gasteiger partial charge < -0.3 is 25.4 Å². The molecule has 0 aliphatic carbocycles. The Morgan fingerprint density at radius 3 is 2.52 bits per heavy atom. The highest BCUT2D eigenvalue weighted by molar-refractivity contribution is 5.96. The highest BCUT2D eigenvalue weighted by Crippen LogP contribution is 2.22. The second-order valence-electron chi connectivity index (χ2n) is 8.27. The largest absolute Gasteiger partial charge is 0.361 e. The minimum absolute atomic E-state index is 0.0661. The maximum atomic E-state index is 12.8. The number of nitrogens with zero attached hydrogens (tertiary/aromatic N) is 3. The van der Waals surface area contributed by atoms with Crippen molar-refractivity contribution in [1.29, 1.82) is 0 Å². The number of carbonyl (C=O) groups excluding carboxylic acids is 3. The molecule has 5 amide bonds. The van der Waals surface area contributed by atoms with E-state index in [-0.39, 0.29) is 18.0 Å². The molecule has 0 unspecified atom stereocenters. The van der Waals surface area contributed by atoms with Gasteiger partial charge in [0.15, 0.2) is 0 Å². The van der Waals surface area contributed by atoms with Gasteiger partial charge in [0.25, 0.3) is 0 Å². The second-order valence-corrected chi connectivity index (χ2v) is 8.27. The number of aromatic amines is 1. The van der Waals surface area contributed by atoms with Crippen LogP contribution >= 0.6 is 0 Å². The molecule has 3 aromatic rings. The van der Waals surface area contributed by atoms with E-state index in [1.54, 1.807) is 21.9 Å². The predicted octanol–water partition coefficient (Wildman–Crippen LogP) is 2.62. The molecule has 2 aromatic carbocycles. The molecule has 3 heterocycles. The van der Waals surface area contributed by atoms with Crippen molar-refractivity contribution in [2.45, 2.75) is 6.42 Å². The van der Waals surface area contributed by atoms with Gasteiger partial charge >= 0.3 is 12.1 Å². The maximum absolute atomic E-state index is 12.8. The van der Waals surface area contributed by atoms with Gasteiger partial charge in [-0.05, 0) is 29.8 Å². The lowest BCUT2D eigenvalue weighted by atomic mass is 10.1. The first kappa shape index (κ1) is 20.9. The van der Waals surface area contributed by atoms with Gasteiger partial charge in [-0.1, -0.05) is 24.3 Å². The summed E-state index contributed by atoms with van der Waals surface area (Å²) in [6.45, 7) is 3.16. The fraction of sp³-hybridized carbons (Fsp3) is 0.292. The van der Waals surface area contributed by atoms with Crippen LogP contribution < -0.4 is 15.5 Å². The zero-order valence-electron chi connectivity index (χ0n) is 18.2. The van der Waals surface area contributed by atoms with Crippen LogP contribution in [0.1, 0.15) is 5.56 Å². The number of urea groups is 2. The van der Waals surface area contributed by atoms with Crippen LogP contribution in [-0.2, 0) is 11.2 Å². The number of para-hydroxylation sites is 1.